The van der Waals surface area contributed by atoms with E-state index in [2.05, 4.69) is 42.6 Å². The number of hydrogen-bond donors (Lipinski definition) is 1. The van der Waals surface area contributed by atoms with E-state index in [4.69, 9.17) is 0 Å². The normalized spacial score (nSPS) is 12.7. The van der Waals surface area contributed by atoms with Gasteiger partial charge in [0.2, 0.25) is 5.69 Å². The Balaban J connectivity index is 0.00000121. The Morgan fingerprint density at radius 1 is 0.737 bits per heavy atom. The van der Waals surface area contributed by atoms with Gasteiger partial charge in [-0.1, -0.05) is 24.3 Å². The predicted molar refractivity (Wildman–Crippen MR) is 125 cm³/mol. The van der Waals surface area contributed by atoms with Crippen molar-refractivity contribution in [2.24, 2.45) is 0 Å². The number of para-hydroxylation sites is 2. The summed E-state index contributed by atoms with van der Waals surface area (Å²) in [5.41, 5.74) is 5.49. The summed E-state index contributed by atoms with van der Waals surface area (Å²) in [6.07, 6.45) is 10.3. The summed E-state index contributed by atoms with van der Waals surface area (Å²) in [5, 5.41) is 18.6. The number of pyridine rings is 1. The van der Waals surface area contributed by atoms with Gasteiger partial charge in [-0.05, 0) is 35.4 Å². The molecule has 38 heavy (non-hydrogen) atoms. The number of allylic oxidation sites excluding steroid dienone is 2. The summed E-state index contributed by atoms with van der Waals surface area (Å²) in [5.74, 6) is 0. The van der Waals surface area contributed by atoms with Crippen LogP contribution >= 0.6 is 0 Å². The molecular formula is C24H18B2F8N4. The van der Waals surface area contributed by atoms with Gasteiger partial charge in [-0.3, -0.25) is 30.8 Å². The van der Waals surface area contributed by atoms with Crippen molar-refractivity contribution in [3.8, 4) is 17.8 Å². The van der Waals surface area contributed by atoms with Crippen LogP contribution in [0.25, 0.3) is 11.3 Å². The Morgan fingerprint density at radius 3 is 1.74 bits per heavy atom. The second-order valence-electron chi connectivity index (χ2n) is 7.00. The number of aromatic nitrogens is 1. The first-order valence-electron chi connectivity index (χ1n) is 10.4. The summed E-state index contributed by atoms with van der Waals surface area (Å²) in [7, 11) is -7.33. The monoisotopic (exact) mass is 536 g/mol. The summed E-state index contributed by atoms with van der Waals surface area (Å²) >= 11 is 0. The number of quaternary nitrogens is 1. The molecule has 0 radical (unpaired) electrons. The number of nitriles is 2. The number of hydrogen-bond acceptors (Lipinski definition) is 2. The zero-order valence-corrected chi connectivity index (χ0v) is 19.4. The van der Waals surface area contributed by atoms with E-state index in [9.17, 15) is 36.4 Å². The van der Waals surface area contributed by atoms with E-state index < -0.39 is 15.1 Å². The lowest BCUT2D eigenvalue weighted by Gasteiger charge is -2.17. The van der Waals surface area contributed by atoms with Crippen LogP contribution in [-0.2, 0) is 0 Å². The maximum Gasteiger partial charge on any atom is 0.762 e. The van der Waals surface area contributed by atoms with Gasteiger partial charge >= 0.3 is 15.1 Å². The first kappa shape index (κ1) is 33.6. The molecule has 0 saturated heterocycles. The summed E-state index contributed by atoms with van der Waals surface area (Å²) in [6, 6.07) is 23.9. The van der Waals surface area contributed by atoms with E-state index in [0.29, 0.717) is 11.1 Å². The van der Waals surface area contributed by atoms with Crippen molar-refractivity contribution in [3.63, 3.8) is 0 Å². The second kappa shape index (κ2) is 17.1. The Bertz CT molecular complexity index is 1280. The minimum atomic E-state index is -3.67. The van der Waals surface area contributed by atoms with E-state index >= 15 is 0 Å². The molecule has 2 aromatic carbocycles. The molecule has 1 aromatic heterocycles. The second-order valence-corrected chi connectivity index (χ2v) is 7.00. The van der Waals surface area contributed by atoms with Crippen LogP contribution < -0.4 is 18.9 Å². The topological polar surface area (TPSA) is 55.9 Å². The third kappa shape index (κ3) is 10.3. The Labute approximate surface area is 214 Å². The average molecular weight is 536 g/mol. The highest BCUT2D eigenvalue weighted by Crippen LogP contribution is 2.17. The van der Waals surface area contributed by atoms with E-state index in [1.807, 2.05) is 65.5 Å². The van der Waals surface area contributed by atoms with Crippen LogP contribution in [0.1, 0.15) is 16.7 Å². The average Bonchev–Trinajstić information content (AvgIpc) is 2.88. The molecule has 14 heteroatoms. The Morgan fingerprint density at radius 2 is 1.24 bits per heavy atom. The first-order valence-corrected chi connectivity index (χ1v) is 10.4. The molecule has 0 bridgehead atoms. The molecule has 1 N–H and O–H groups in total. The van der Waals surface area contributed by atoms with Gasteiger partial charge < -0.3 is 9.41 Å². The van der Waals surface area contributed by atoms with Crippen LogP contribution in [0.5, 0.6) is 0 Å². The Hall–Kier alpha value is -4.42. The van der Waals surface area contributed by atoms with Gasteiger partial charge in [-0.15, -0.1) is 0 Å². The van der Waals surface area contributed by atoms with Gasteiger partial charge in [-0.25, -0.2) is 0 Å². The van der Waals surface area contributed by atoms with Gasteiger partial charge in [0.05, 0.1) is 0 Å². The van der Waals surface area contributed by atoms with Crippen LogP contribution in [0.2, 0.25) is 0 Å². The van der Waals surface area contributed by atoms with Gasteiger partial charge in [0.15, 0.2) is 18.1 Å². The standard InChI is InChI=1S/C24H17N4.2BF3.2FH/c25-17-21-5-1-3-7-23(21)27-13-9-19(10-14-27)20-11-15-28(16-12-20)24-8-4-2-6-22(24)18-26;2*2-1(3)4;;/h1-15H,16H2;;;2*1H/q+1;;;;/p-1. The van der Waals surface area contributed by atoms with Crippen LogP contribution in [-0.4, -0.2) is 21.6 Å². The summed E-state index contributed by atoms with van der Waals surface area (Å²) in [4.78, 5) is 1.15. The maximum absolute atomic E-state index is 9.67. The predicted octanol–water partition coefficient (Wildman–Crippen LogP) is -1.40. The van der Waals surface area contributed by atoms with Crippen molar-refractivity contribution in [1.82, 2.24) is 0 Å². The molecule has 4 nitrogen and oxygen atoms in total. The van der Waals surface area contributed by atoms with E-state index in [1.54, 1.807) is 0 Å². The smallest absolute Gasteiger partial charge is 0.762 e. The summed E-state index contributed by atoms with van der Waals surface area (Å²) < 4.78 is 60.0. The zero-order valence-electron chi connectivity index (χ0n) is 19.4. The molecule has 0 aliphatic carbocycles. The molecule has 196 valence electrons. The lowest BCUT2D eigenvalue weighted by molar-refractivity contribution is -0.768. The first-order chi connectivity index (χ1) is 17.3. The molecule has 2 heterocycles. The quantitative estimate of drug-likeness (QED) is 0.255. The molecule has 1 unspecified atom stereocenters. The third-order valence-corrected chi connectivity index (χ3v) is 4.86. The minimum Gasteiger partial charge on any atom is -1.00 e. The van der Waals surface area contributed by atoms with E-state index in [-0.39, 0.29) is 9.41 Å². The molecule has 0 amide bonds. The van der Waals surface area contributed by atoms with Gasteiger partial charge in [-0.2, -0.15) is 15.1 Å². The molecular weight excluding hydrogens is 518 g/mol. The number of rotatable bonds is 3. The number of nitrogens with one attached hydrogen (secondary N) is 1. The minimum absolute atomic E-state index is 0. The SMILES string of the molecule is FB(F)F.FB(F)F.N#Cc1ccccc1-[n+]1ccc(C2=CC[NH+](c3ccccc3C#N)C=C2)cc1.[F-].[F-]. The van der Waals surface area contributed by atoms with E-state index in [0.717, 1.165) is 34.0 Å². The number of halogens is 8. The molecule has 1 atom stereocenters. The van der Waals surface area contributed by atoms with Crippen molar-refractivity contribution < 1.29 is 44.8 Å². The van der Waals surface area contributed by atoms with Gasteiger partial charge in [0, 0.05) is 24.3 Å². The molecule has 1 aliphatic heterocycles. The third-order valence-electron chi connectivity index (χ3n) is 4.86. The van der Waals surface area contributed by atoms with Crippen molar-refractivity contribution in [1.29, 1.82) is 10.5 Å². The van der Waals surface area contributed by atoms with Gasteiger partial charge in [0.25, 0.3) is 0 Å². The fraction of sp³-hybridized carbons (Fsp3) is 0.0417. The highest BCUT2D eigenvalue weighted by Gasteiger charge is 2.18. The lowest BCUT2D eigenvalue weighted by atomic mass is 10.0. The fourth-order valence-electron chi connectivity index (χ4n) is 3.39. The highest BCUT2D eigenvalue weighted by atomic mass is 19.4. The highest BCUT2D eigenvalue weighted by molar-refractivity contribution is 6.33. The Kier molecular flexibility index (Phi) is 15.1. The molecule has 1 aliphatic rings. The van der Waals surface area contributed by atoms with Gasteiger partial charge in [0.1, 0.15) is 36.0 Å². The van der Waals surface area contributed by atoms with Crippen LogP contribution in [0.3, 0.4) is 0 Å². The van der Waals surface area contributed by atoms with E-state index in [1.165, 1.54) is 0 Å². The van der Waals surface area contributed by atoms with Crippen LogP contribution in [0.15, 0.2) is 91.4 Å². The van der Waals surface area contributed by atoms with Crippen molar-refractivity contribution in [2.45, 2.75) is 0 Å². The maximum atomic E-state index is 9.67. The largest absolute Gasteiger partial charge is 1.00 e. The molecule has 3 aromatic rings. The van der Waals surface area contributed by atoms with Crippen LogP contribution in [0, 0.1) is 22.7 Å². The van der Waals surface area contributed by atoms with Crippen molar-refractivity contribution >= 4 is 26.3 Å². The van der Waals surface area contributed by atoms with Crippen LogP contribution in [0.4, 0.5) is 31.6 Å². The zero-order chi connectivity index (χ0) is 26.5. The summed E-state index contributed by atoms with van der Waals surface area (Å²) in [6.45, 7) is 0.788. The lowest BCUT2D eigenvalue weighted by Crippen LogP contribution is -3.02. The number of nitrogens with zero attached hydrogens (tertiary/aromatic N) is 3. The fourth-order valence-corrected chi connectivity index (χ4v) is 3.39. The molecule has 4 rings (SSSR count). The van der Waals surface area contributed by atoms with Crippen molar-refractivity contribution in [2.75, 3.05) is 6.54 Å². The number of benzene rings is 2. The van der Waals surface area contributed by atoms with Crippen molar-refractivity contribution in [3.05, 3.63) is 108 Å². The molecule has 0 saturated carbocycles. The molecule has 0 spiro atoms. The molecule has 0 fully saturated rings.